The number of hydrogen-bond acceptors (Lipinski definition) is 5. The fraction of sp³-hybridized carbons (Fsp3) is 0.300. The van der Waals surface area contributed by atoms with Crippen molar-refractivity contribution in [3.05, 3.63) is 53.6 Å². The van der Waals surface area contributed by atoms with E-state index in [0.29, 0.717) is 0 Å². The Balaban J connectivity index is 1.84. The molecule has 0 spiro atoms. The lowest BCUT2D eigenvalue weighted by molar-refractivity contribution is -0.150. The maximum Gasteiger partial charge on any atom is 0.317 e. The zero-order chi connectivity index (χ0) is 19.1. The van der Waals surface area contributed by atoms with Gasteiger partial charge in [-0.2, -0.15) is 0 Å². The van der Waals surface area contributed by atoms with Crippen molar-refractivity contribution < 1.29 is 19.1 Å². The fourth-order valence-corrected chi connectivity index (χ4v) is 3.02. The van der Waals surface area contributed by atoms with Crippen LogP contribution in [-0.4, -0.2) is 30.8 Å². The molecule has 2 rings (SSSR count). The van der Waals surface area contributed by atoms with Crippen LogP contribution in [0.15, 0.2) is 47.4 Å². The zero-order valence-corrected chi connectivity index (χ0v) is 16.2. The molecule has 0 aliphatic rings. The van der Waals surface area contributed by atoms with Gasteiger partial charge in [-0.25, -0.2) is 0 Å². The monoisotopic (exact) mass is 373 g/mol. The number of carbonyl (C=O) groups is 2. The third-order valence-corrected chi connectivity index (χ3v) is 4.81. The number of amides is 1. The Morgan fingerprint density at radius 1 is 1.08 bits per heavy atom. The summed E-state index contributed by atoms with van der Waals surface area (Å²) < 4.78 is 10.3. The van der Waals surface area contributed by atoms with Crippen molar-refractivity contribution in [2.45, 2.75) is 31.8 Å². The van der Waals surface area contributed by atoms with E-state index in [0.717, 1.165) is 27.5 Å². The number of rotatable bonds is 7. The second-order valence-electron chi connectivity index (χ2n) is 5.85. The van der Waals surface area contributed by atoms with Crippen LogP contribution in [0.3, 0.4) is 0 Å². The summed E-state index contributed by atoms with van der Waals surface area (Å²) in [6.07, 6.45) is -0.863. The Morgan fingerprint density at radius 2 is 1.69 bits per heavy atom. The van der Waals surface area contributed by atoms with Crippen LogP contribution in [0.25, 0.3) is 0 Å². The molecular formula is C20H23NO4S. The normalized spacial score (nSPS) is 11.5. The van der Waals surface area contributed by atoms with Crippen LogP contribution in [0.4, 0.5) is 5.69 Å². The maximum atomic E-state index is 12.3. The average molecular weight is 373 g/mol. The number of anilines is 1. The Labute approximate surface area is 158 Å². The molecule has 0 fully saturated rings. The number of methoxy groups -OCH3 is 1. The third kappa shape index (κ3) is 5.52. The minimum absolute atomic E-state index is 0.132. The summed E-state index contributed by atoms with van der Waals surface area (Å²) in [7, 11) is 1.60. The number of nitrogens with one attached hydrogen (secondary N) is 1. The average Bonchev–Trinajstić information content (AvgIpc) is 2.63. The summed E-state index contributed by atoms with van der Waals surface area (Å²) in [6.45, 7) is 5.41. The summed E-state index contributed by atoms with van der Waals surface area (Å²) in [4.78, 5) is 25.2. The SMILES string of the molecule is COc1ccc(SCC(=O)O[C@H](C)C(=O)Nc2c(C)cccc2C)cc1. The van der Waals surface area contributed by atoms with Gasteiger partial charge in [-0.15, -0.1) is 11.8 Å². The first-order chi connectivity index (χ1) is 12.4. The highest BCUT2D eigenvalue weighted by Gasteiger charge is 2.19. The van der Waals surface area contributed by atoms with Gasteiger partial charge in [0.05, 0.1) is 12.9 Å². The van der Waals surface area contributed by atoms with Crippen LogP contribution in [0, 0.1) is 13.8 Å². The molecule has 138 valence electrons. The standard InChI is InChI=1S/C20H23NO4S/c1-13-6-5-7-14(2)19(13)21-20(23)15(3)25-18(22)12-26-17-10-8-16(24-4)9-11-17/h5-11,15H,12H2,1-4H3,(H,21,23)/t15-/m1/s1. The molecular weight excluding hydrogens is 350 g/mol. The van der Waals surface area contributed by atoms with Gasteiger partial charge in [0.1, 0.15) is 5.75 Å². The Bertz CT molecular complexity index is 754. The van der Waals surface area contributed by atoms with E-state index in [2.05, 4.69) is 5.32 Å². The Kier molecular flexibility index (Phi) is 7.09. The van der Waals surface area contributed by atoms with Crippen LogP contribution in [0.1, 0.15) is 18.1 Å². The highest BCUT2D eigenvalue weighted by atomic mass is 32.2. The van der Waals surface area contributed by atoms with Gasteiger partial charge < -0.3 is 14.8 Å². The van der Waals surface area contributed by atoms with E-state index < -0.39 is 12.1 Å². The predicted octanol–water partition coefficient (Wildman–Crippen LogP) is 3.97. The molecule has 0 radical (unpaired) electrons. The van der Waals surface area contributed by atoms with E-state index in [-0.39, 0.29) is 11.7 Å². The Morgan fingerprint density at radius 3 is 2.27 bits per heavy atom. The first kappa shape index (κ1) is 19.8. The van der Waals surface area contributed by atoms with Crippen molar-refractivity contribution in [3.63, 3.8) is 0 Å². The second kappa shape index (κ2) is 9.29. The molecule has 0 unspecified atom stereocenters. The molecule has 2 aromatic rings. The number of hydrogen-bond donors (Lipinski definition) is 1. The molecule has 0 bridgehead atoms. The van der Waals surface area contributed by atoms with E-state index >= 15 is 0 Å². The molecule has 2 aromatic carbocycles. The molecule has 1 atom stereocenters. The molecule has 5 nitrogen and oxygen atoms in total. The number of carbonyl (C=O) groups excluding carboxylic acids is 2. The largest absolute Gasteiger partial charge is 0.497 e. The molecule has 0 aromatic heterocycles. The third-order valence-electron chi connectivity index (χ3n) is 3.82. The van der Waals surface area contributed by atoms with Crippen molar-refractivity contribution in [1.29, 1.82) is 0 Å². The number of thioether (sulfide) groups is 1. The van der Waals surface area contributed by atoms with Crippen molar-refractivity contribution in [1.82, 2.24) is 0 Å². The predicted molar refractivity (Wildman–Crippen MR) is 104 cm³/mol. The molecule has 0 saturated heterocycles. The summed E-state index contributed by atoms with van der Waals surface area (Å²) >= 11 is 1.35. The number of benzene rings is 2. The van der Waals surface area contributed by atoms with Crippen molar-refractivity contribution in [2.75, 3.05) is 18.2 Å². The summed E-state index contributed by atoms with van der Waals surface area (Å²) in [5, 5.41) is 2.83. The second-order valence-corrected chi connectivity index (χ2v) is 6.90. The molecule has 0 aliphatic carbocycles. The van der Waals surface area contributed by atoms with Gasteiger partial charge in [0.15, 0.2) is 6.10 Å². The Hall–Kier alpha value is -2.47. The molecule has 0 saturated carbocycles. The number of aryl methyl sites for hydroxylation is 2. The van der Waals surface area contributed by atoms with E-state index in [4.69, 9.17) is 9.47 Å². The summed E-state index contributed by atoms with van der Waals surface area (Å²) in [5.74, 6) is 0.113. The lowest BCUT2D eigenvalue weighted by Gasteiger charge is -2.16. The molecule has 1 amide bonds. The number of para-hydroxylation sites is 1. The van der Waals surface area contributed by atoms with Gasteiger partial charge in [0.25, 0.3) is 5.91 Å². The van der Waals surface area contributed by atoms with E-state index in [1.54, 1.807) is 14.0 Å². The minimum Gasteiger partial charge on any atom is -0.497 e. The first-order valence-corrected chi connectivity index (χ1v) is 9.22. The zero-order valence-electron chi connectivity index (χ0n) is 15.4. The van der Waals surface area contributed by atoms with Crippen LogP contribution in [-0.2, 0) is 14.3 Å². The molecule has 1 N–H and O–H groups in total. The van der Waals surface area contributed by atoms with Gasteiger partial charge in [0, 0.05) is 10.6 Å². The molecule has 26 heavy (non-hydrogen) atoms. The highest BCUT2D eigenvalue weighted by molar-refractivity contribution is 8.00. The molecule has 0 aliphatic heterocycles. The van der Waals surface area contributed by atoms with Crippen LogP contribution in [0.2, 0.25) is 0 Å². The lowest BCUT2D eigenvalue weighted by atomic mass is 10.1. The number of esters is 1. The van der Waals surface area contributed by atoms with Crippen molar-refractivity contribution in [3.8, 4) is 5.75 Å². The van der Waals surface area contributed by atoms with Gasteiger partial charge >= 0.3 is 5.97 Å². The van der Waals surface area contributed by atoms with Gasteiger partial charge in [-0.3, -0.25) is 9.59 Å². The smallest absolute Gasteiger partial charge is 0.317 e. The fourth-order valence-electron chi connectivity index (χ4n) is 2.34. The van der Waals surface area contributed by atoms with E-state index in [9.17, 15) is 9.59 Å². The maximum absolute atomic E-state index is 12.3. The van der Waals surface area contributed by atoms with E-state index in [1.165, 1.54) is 11.8 Å². The molecule has 0 heterocycles. The first-order valence-electron chi connectivity index (χ1n) is 8.24. The van der Waals surface area contributed by atoms with Crippen LogP contribution in [0.5, 0.6) is 5.75 Å². The van der Waals surface area contributed by atoms with Gasteiger partial charge in [-0.05, 0) is 56.2 Å². The topological polar surface area (TPSA) is 64.6 Å². The van der Waals surface area contributed by atoms with Gasteiger partial charge in [-0.1, -0.05) is 18.2 Å². The van der Waals surface area contributed by atoms with E-state index in [1.807, 2.05) is 56.3 Å². The van der Waals surface area contributed by atoms with Crippen molar-refractivity contribution in [2.24, 2.45) is 0 Å². The lowest BCUT2D eigenvalue weighted by Crippen LogP contribution is -2.31. The van der Waals surface area contributed by atoms with Crippen LogP contribution < -0.4 is 10.1 Å². The summed E-state index contributed by atoms with van der Waals surface area (Å²) in [6, 6.07) is 13.2. The highest BCUT2D eigenvalue weighted by Crippen LogP contribution is 2.22. The van der Waals surface area contributed by atoms with Crippen LogP contribution >= 0.6 is 11.8 Å². The minimum atomic E-state index is -0.863. The number of ether oxygens (including phenoxy) is 2. The van der Waals surface area contributed by atoms with Crippen molar-refractivity contribution >= 4 is 29.3 Å². The summed E-state index contributed by atoms with van der Waals surface area (Å²) in [5.41, 5.74) is 2.69. The quantitative estimate of drug-likeness (QED) is 0.588. The molecule has 6 heteroatoms. The van der Waals surface area contributed by atoms with Gasteiger partial charge in [0.2, 0.25) is 0 Å².